The molecule has 0 aliphatic heterocycles. The summed E-state index contributed by atoms with van der Waals surface area (Å²) in [7, 11) is 0. The molecule has 3 rings (SSSR count). The number of aliphatic hydroxyl groups is 1. The van der Waals surface area contributed by atoms with Gasteiger partial charge in [-0.2, -0.15) is 0 Å². The highest BCUT2D eigenvalue weighted by Crippen LogP contribution is 2.20. The number of para-hydroxylation sites is 2. The molecule has 144 valence electrons. The highest BCUT2D eigenvalue weighted by atomic mass is 16.3. The number of likely N-dealkylation sites (N-methyl/N-ethyl adjacent to an activating group) is 1. The molecule has 1 atom stereocenters. The van der Waals surface area contributed by atoms with E-state index < -0.39 is 6.10 Å². The lowest BCUT2D eigenvalue weighted by Crippen LogP contribution is -2.39. The molecule has 0 aliphatic rings. The fraction of sp³-hybridized carbons (Fsp3) is 0.409. The van der Waals surface area contributed by atoms with Crippen molar-refractivity contribution in [2.75, 3.05) is 25.4 Å². The van der Waals surface area contributed by atoms with Gasteiger partial charge in [0.2, 0.25) is 0 Å². The molecule has 27 heavy (non-hydrogen) atoms. The summed E-state index contributed by atoms with van der Waals surface area (Å²) in [6.07, 6.45) is -0.597. The van der Waals surface area contributed by atoms with Gasteiger partial charge in [0, 0.05) is 6.54 Å². The van der Waals surface area contributed by atoms with E-state index in [2.05, 4.69) is 35.4 Å². The van der Waals surface area contributed by atoms with Crippen molar-refractivity contribution in [2.45, 2.75) is 40.0 Å². The Balaban J connectivity index is 1.91. The fourth-order valence-corrected chi connectivity index (χ4v) is 3.59. The Morgan fingerprint density at radius 1 is 1.07 bits per heavy atom. The molecule has 3 N–H and O–H groups in total. The number of hydrogen-bond donors (Lipinski definition) is 2. The molecule has 0 amide bonds. The van der Waals surface area contributed by atoms with Crippen molar-refractivity contribution in [1.82, 2.24) is 9.47 Å². The normalized spacial score (nSPS) is 12.8. The largest absolute Gasteiger partial charge is 0.385 e. The third-order valence-corrected chi connectivity index (χ3v) is 5.37. The zero-order valence-corrected chi connectivity index (χ0v) is 16.6. The molecule has 0 aliphatic carbocycles. The van der Waals surface area contributed by atoms with E-state index in [-0.39, 0.29) is 0 Å². The van der Waals surface area contributed by atoms with Crippen LogP contribution in [0.1, 0.15) is 31.1 Å². The Morgan fingerprint density at radius 3 is 2.41 bits per heavy atom. The molecule has 1 heterocycles. The van der Waals surface area contributed by atoms with Crippen LogP contribution in [-0.2, 0) is 13.1 Å². The van der Waals surface area contributed by atoms with Gasteiger partial charge in [-0.3, -0.25) is 5.73 Å². The van der Waals surface area contributed by atoms with E-state index in [0.717, 1.165) is 42.8 Å². The summed E-state index contributed by atoms with van der Waals surface area (Å²) in [6, 6.07) is 16.2. The number of fused-ring (bicyclic) bond motifs is 1. The molecule has 5 nitrogen and oxygen atoms in total. The van der Waals surface area contributed by atoms with E-state index >= 15 is 0 Å². The average Bonchev–Trinajstić information content (AvgIpc) is 2.95. The average molecular weight is 368 g/mol. The quantitative estimate of drug-likeness (QED) is 0.602. The van der Waals surface area contributed by atoms with Crippen molar-refractivity contribution < 1.29 is 9.67 Å². The fourth-order valence-electron chi connectivity index (χ4n) is 3.59. The molecule has 0 saturated heterocycles. The molecule has 1 aromatic heterocycles. The van der Waals surface area contributed by atoms with Gasteiger partial charge in [-0.1, -0.05) is 55.8 Å². The van der Waals surface area contributed by atoms with E-state index in [1.165, 1.54) is 5.56 Å². The van der Waals surface area contributed by atoms with Gasteiger partial charge in [0.1, 0.15) is 23.7 Å². The van der Waals surface area contributed by atoms with Gasteiger partial charge in [0.05, 0.1) is 6.54 Å². The number of benzene rings is 2. The van der Waals surface area contributed by atoms with Crippen LogP contribution in [0.2, 0.25) is 0 Å². The van der Waals surface area contributed by atoms with Crippen LogP contribution in [0.25, 0.3) is 11.0 Å². The number of rotatable bonds is 8. The molecule has 0 radical (unpaired) electrons. The molecule has 0 saturated carbocycles. The molecule has 2 aromatic carbocycles. The van der Waals surface area contributed by atoms with E-state index in [1.807, 2.05) is 47.9 Å². The first-order chi connectivity index (χ1) is 13.0. The topological polar surface area (TPSA) is 58.3 Å². The highest BCUT2D eigenvalue weighted by Gasteiger charge is 2.23. The number of imidazole rings is 1. The van der Waals surface area contributed by atoms with Crippen LogP contribution in [0.5, 0.6) is 0 Å². The molecule has 0 unspecified atom stereocenters. The number of aromatic nitrogens is 2. The molecular formula is C22H31N4O+. The second-order valence-corrected chi connectivity index (χ2v) is 7.06. The van der Waals surface area contributed by atoms with Gasteiger partial charge in [-0.05, 0) is 37.7 Å². The zero-order chi connectivity index (χ0) is 19.4. The van der Waals surface area contributed by atoms with E-state index in [4.69, 9.17) is 5.73 Å². The van der Waals surface area contributed by atoms with Crippen molar-refractivity contribution in [1.29, 1.82) is 0 Å². The minimum Gasteiger partial charge on any atom is -0.385 e. The van der Waals surface area contributed by atoms with Crippen LogP contribution in [0, 0.1) is 6.92 Å². The lowest BCUT2D eigenvalue weighted by Gasteiger charge is -2.17. The first-order valence-electron chi connectivity index (χ1n) is 9.78. The van der Waals surface area contributed by atoms with E-state index in [1.54, 1.807) is 0 Å². The van der Waals surface area contributed by atoms with Crippen LogP contribution in [0.3, 0.4) is 0 Å². The SMILES string of the molecule is CCN(CC)CCn1c(N)[n+](C[C@H](O)c2ccc(C)cc2)c2ccccc21. The van der Waals surface area contributed by atoms with Crippen molar-refractivity contribution in [3.8, 4) is 0 Å². The smallest absolute Gasteiger partial charge is 0.356 e. The molecule has 0 fully saturated rings. The lowest BCUT2D eigenvalue weighted by atomic mass is 10.1. The number of nitrogens with zero attached hydrogens (tertiary/aromatic N) is 3. The Morgan fingerprint density at radius 2 is 1.74 bits per heavy atom. The number of nitrogen functional groups attached to an aromatic ring is 1. The van der Waals surface area contributed by atoms with Crippen LogP contribution in [-0.4, -0.2) is 34.2 Å². The van der Waals surface area contributed by atoms with Crippen molar-refractivity contribution in [2.24, 2.45) is 0 Å². The maximum Gasteiger partial charge on any atom is 0.356 e. The summed E-state index contributed by atoms with van der Waals surface area (Å²) in [4.78, 5) is 2.39. The number of anilines is 1. The van der Waals surface area contributed by atoms with Gasteiger partial charge in [-0.25, -0.2) is 9.13 Å². The highest BCUT2D eigenvalue weighted by molar-refractivity contribution is 5.73. The van der Waals surface area contributed by atoms with E-state index in [0.29, 0.717) is 12.5 Å². The van der Waals surface area contributed by atoms with Crippen LogP contribution in [0.4, 0.5) is 5.95 Å². The monoisotopic (exact) mass is 367 g/mol. The minimum atomic E-state index is -0.597. The van der Waals surface area contributed by atoms with Gasteiger partial charge in [0.25, 0.3) is 0 Å². The van der Waals surface area contributed by atoms with Crippen LogP contribution in [0.15, 0.2) is 48.5 Å². The number of aliphatic hydroxyl groups excluding tert-OH is 1. The first kappa shape index (κ1) is 19.4. The molecule has 3 aromatic rings. The van der Waals surface area contributed by atoms with Gasteiger partial charge in [0.15, 0.2) is 0 Å². The second kappa shape index (κ2) is 8.55. The molecular weight excluding hydrogens is 336 g/mol. The predicted octanol–water partition coefficient (Wildman–Crippen LogP) is 2.89. The standard InChI is InChI=1S/C22H30N4O/c1-4-24(5-2)14-15-25-19-8-6-7-9-20(19)26(22(25)23)16-21(27)18-12-10-17(3)11-13-18/h6-13,21,23,27H,4-5,14-16H2,1-3H3/p+1/t21-/m0/s1. The molecule has 0 bridgehead atoms. The summed E-state index contributed by atoms with van der Waals surface area (Å²) < 4.78 is 4.19. The number of aryl methyl sites for hydroxylation is 1. The van der Waals surface area contributed by atoms with Crippen LogP contribution < -0.4 is 10.3 Å². The van der Waals surface area contributed by atoms with Gasteiger partial charge >= 0.3 is 5.95 Å². The summed E-state index contributed by atoms with van der Waals surface area (Å²) in [5, 5.41) is 10.8. The zero-order valence-electron chi connectivity index (χ0n) is 16.6. The minimum absolute atomic E-state index is 0.438. The summed E-state index contributed by atoms with van der Waals surface area (Å²) in [6.45, 7) is 10.7. The van der Waals surface area contributed by atoms with E-state index in [9.17, 15) is 5.11 Å². The summed E-state index contributed by atoms with van der Waals surface area (Å²) in [5.74, 6) is 0.689. The summed E-state index contributed by atoms with van der Waals surface area (Å²) >= 11 is 0. The Kier molecular flexibility index (Phi) is 6.14. The maximum absolute atomic E-state index is 10.8. The van der Waals surface area contributed by atoms with Crippen molar-refractivity contribution in [3.05, 3.63) is 59.7 Å². The third kappa shape index (κ3) is 4.15. The third-order valence-electron chi connectivity index (χ3n) is 5.37. The van der Waals surface area contributed by atoms with Gasteiger partial charge < -0.3 is 10.0 Å². The van der Waals surface area contributed by atoms with Crippen molar-refractivity contribution >= 4 is 17.0 Å². The number of nitrogens with two attached hydrogens (primary N) is 1. The maximum atomic E-state index is 10.8. The number of hydrogen-bond acceptors (Lipinski definition) is 3. The Bertz CT molecular complexity index is 881. The molecule has 5 heteroatoms. The Hall–Kier alpha value is -2.37. The Labute approximate surface area is 161 Å². The second-order valence-electron chi connectivity index (χ2n) is 7.06. The predicted molar refractivity (Wildman–Crippen MR) is 110 cm³/mol. The van der Waals surface area contributed by atoms with Crippen molar-refractivity contribution in [3.63, 3.8) is 0 Å². The molecule has 0 spiro atoms. The summed E-state index contributed by atoms with van der Waals surface area (Å²) in [5.41, 5.74) is 10.8. The van der Waals surface area contributed by atoms with Gasteiger partial charge in [-0.15, -0.1) is 0 Å². The first-order valence-corrected chi connectivity index (χ1v) is 9.78. The van der Waals surface area contributed by atoms with Crippen LogP contribution >= 0.6 is 0 Å². The lowest BCUT2D eigenvalue weighted by molar-refractivity contribution is -0.666.